The van der Waals surface area contributed by atoms with Crippen LogP contribution >= 0.6 is 15.9 Å². The molecule has 0 unspecified atom stereocenters. The highest BCUT2D eigenvalue weighted by Gasteiger charge is 2.07. The third kappa shape index (κ3) is 4.13. The Morgan fingerprint density at radius 1 is 0.913 bits per heavy atom. The fourth-order valence-corrected chi connectivity index (χ4v) is 2.58. The standard InChI is InChI=1S/C18H17BrO4/c1-21-16-9-6-13(11-14(16)19)15(20)7-4-12-5-8-17(22-2)18(10-12)23-3/h4-11H,1-3H3/b7-4+. The summed E-state index contributed by atoms with van der Waals surface area (Å²) < 4.78 is 16.3. The van der Waals surface area contributed by atoms with Crippen LogP contribution in [0.15, 0.2) is 46.9 Å². The van der Waals surface area contributed by atoms with E-state index in [-0.39, 0.29) is 5.78 Å². The van der Waals surface area contributed by atoms with Gasteiger partial charge in [0.15, 0.2) is 17.3 Å². The zero-order chi connectivity index (χ0) is 16.8. The first-order valence-corrected chi connectivity index (χ1v) is 7.66. The van der Waals surface area contributed by atoms with Gasteiger partial charge in [0.05, 0.1) is 25.8 Å². The molecule has 0 radical (unpaired) electrons. The number of hydrogen-bond donors (Lipinski definition) is 0. The van der Waals surface area contributed by atoms with Gasteiger partial charge in [-0.25, -0.2) is 0 Å². The van der Waals surface area contributed by atoms with E-state index in [1.807, 2.05) is 12.1 Å². The summed E-state index contributed by atoms with van der Waals surface area (Å²) in [6.45, 7) is 0. The van der Waals surface area contributed by atoms with Gasteiger partial charge in [0.25, 0.3) is 0 Å². The average Bonchev–Trinajstić information content (AvgIpc) is 2.59. The maximum atomic E-state index is 12.2. The van der Waals surface area contributed by atoms with Gasteiger partial charge in [0.2, 0.25) is 0 Å². The fourth-order valence-electron chi connectivity index (χ4n) is 2.04. The molecule has 0 spiro atoms. The summed E-state index contributed by atoms with van der Waals surface area (Å²) in [6, 6.07) is 10.7. The number of methoxy groups -OCH3 is 3. The Kier molecular flexibility index (Phi) is 5.82. The number of benzene rings is 2. The van der Waals surface area contributed by atoms with Gasteiger partial charge in [-0.3, -0.25) is 4.79 Å². The summed E-state index contributed by atoms with van der Waals surface area (Å²) in [6.07, 6.45) is 3.26. The zero-order valence-corrected chi connectivity index (χ0v) is 14.7. The van der Waals surface area contributed by atoms with Crippen molar-refractivity contribution in [1.82, 2.24) is 0 Å². The molecule has 0 bridgehead atoms. The lowest BCUT2D eigenvalue weighted by Gasteiger charge is -2.07. The van der Waals surface area contributed by atoms with E-state index in [9.17, 15) is 4.79 Å². The number of ether oxygens (including phenoxy) is 3. The van der Waals surface area contributed by atoms with E-state index in [1.165, 1.54) is 6.08 Å². The first kappa shape index (κ1) is 17.1. The van der Waals surface area contributed by atoms with Gasteiger partial charge in [-0.05, 0) is 57.9 Å². The van der Waals surface area contributed by atoms with Gasteiger partial charge in [-0.1, -0.05) is 12.1 Å². The minimum absolute atomic E-state index is 0.0943. The molecule has 5 heteroatoms. The Hall–Kier alpha value is -2.27. The van der Waals surface area contributed by atoms with Crippen molar-refractivity contribution in [3.05, 3.63) is 58.1 Å². The molecule has 0 fully saturated rings. The highest BCUT2D eigenvalue weighted by Crippen LogP contribution is 2.28. The van der Waals surface area contributed by atoms with Crippen molar-refractivity contribution in [3.8, 4) is 17.2 Å². The van der Waals surface area contributed by atoms with Gasteiger partial charge in [-0.15, -0.1) is 0 Å². The highest BCUT2D eigenvalue weighted by molar-refractivity contribution is 9.10. The zero-order valence-electron chi connectivity index (χ0n) is 13.1. The first-order chi connectivity index (χ1) is 11.1. The van der Waals surface area contributed by atoms with Crippen LogP contribution in [-0.4, -0.2) is 27.1 Å². The van der Waals surface area contributed by atoms with Crippen LogP contribution < -0.4 is 14.2 Å². The van der Waals surface area contributed by atoms with Crippen LogP contribution in [0.4, 0.5) is 0 Å². The van der Waals surface area contributed by atoms with Crippen molar-refractivity contribution in [1.29, 1.82) is 0 Å². The van der Waals surface area contributed by atoms with Gasteiger partial charge in [0.1, 0.15) is 5.75 Å². The molecule has 0 heterocycles. The van der Waals surface area contributed by atoms with E-state index in [0.29, 0.717) is 22.8 Å². The molecule has 23 heavy (non-hydrogen) atoms. The molecule has 0 aliphatic rings. The Morgan fingerprint density at radius 3 is 2.17 bits per heavy atom. The Morgan fingerprint density at radius 2 is 1.57 bits per heavy atom. The second-order valence-corrected chi connectivity index (χ2v) is 5.52. The van der Waals surface area contributed by atoms with E-state index in [0.717, 1.165) is 10.0 Å². The fraction of sp³-hybridized carbons (Fsp3) is 0.167. The molecule has 0 saturated heterocycles. The van der Waals surface area contributed by atoms with Crippen molar-refractivity contribution >= 4 is 27.8 Å². The number of carbonyl (C=O) groups is 1. The van der Waals surface area contributed by atoms with Gasteiger partial charge in [-0.2, -0.15) is 0 Å². The van der Waals surface area contributed by atoms with Crippen LogP contribution in [0.3, 0.4) is 0 Å². The van der Waals surface area contributed by atoms with Crippen LogP contribution in [0.2, 0.25) is 0 Å². The Labute approximate surface area is 143 Å². The van der Waals surface area contributed by atoms with Crippen LogP contribution in [0, 0.1) is 0 Å². The number of halogens is 1. The molecule has 120 valence electrons. The summed E-state index contributed by atoms with van der Waals surface area (Å²) in [7, 11) is 4.74. The topological polar surface area (TPSA) is 44.8 Å². The molecular formula is C18H17BrO4. The molecule has 0 saturated carbocycles. The molecule has 4 nitrogen and oxygen atoms in total. The molecule has 0 N–H and O–H groups in total. The first-order valence-electron chi connectivity index (χ1n) is 6.87. The second kappa shape index (κ2) is 7.83. The summed E-state index contributed by atoms with van der Waals surface area (Å²) in [5.41, 5.74) is 1.43. The predicted octanol–water partition coefficient (Wildman–Crippen LogP) is 4.37. The minimum Gasteiger partial charge on any atom is -0.496 e. The lowest BCUT2D eigenvalue weighted by atomic mass is 10.1. The van der Waals surface area contributed by atoms with Crippen LogP contribution in [0.25, 0.3) is 6.08 Å². The maximum absolute atomic E-state index is 12.2. The van der Waals surface area contributed by atoms with E-state index < -0.39 is 0 Å². The number of ketones is 1. The highest BCUT2D eigenvalue weighted by atomic mass is 79.9. The lowest BCUT2D eigenvalue weighted by Crippen LogP contribution is -1.95. The van der Waals surface area contributed by atoms with E-state index in [2.05, 4.69) is 15.9 Å². The van der Waals surface area contributed by atoms with Crippen molar-refractivity contribution in [2.45, 2.75) is 0 Å². The summed E-state index contributed by atoms with van der Waals surface area (Å²) in [5, 5.41) is 0. The third-order valence-electron chi connectivity index (χ3n) is 3.27. The minimum atomic E-state index is -0.0943. The smallest absolute Gasteiger partial charge is 0.185 e. The third-order valence-corrected chi connectivity index (χ3v) is 3.89. The molecule has 0 aliphatic heterocycles. The largest absolute Gasteiger partial charge is 0.496 e. The molecule has 2 aromatic rings. The molecule has 0 amide bonds. The summed E-state index contributed by atoms with van der Waals surface area (Å²) in [5.74, 6) is 1.86. The summed E-state index contributed by atoms with van der Waals surface area (Å²) in [4.78, 5) is 12.2. The number of allylic oxidation sites excluding steroid dienone is 1. The predicted molar refractivity (Wildman–Crippen MR) is 93.6 cm³/mol. The van der Waals surface area contributed by atoms with E-state index in [1.54, 1.807) is 51.7 Å². The van der Waals surface area contributed by atoms with Crippen molar-refractivity contribution in [2.75, 3.05) is 21.3 Å². The quantitative estimate of drug-likeness (QED) is 0.554. The van der Waals surface area contributed by atoms with Crippen LogP contribution in [0.1, 0.15) is 15.9 Å². The normalized spacial score (nSPS) is 10.6. The molecule has 2 aromatic carbocycles. The molecule has 2 rings (SSSR count). The number of carbonyl (C=O) groups excluding carboxylic acids is 1. The maximum Gasteiger partial charge on any atom is 0.185 e. The number of hydrogen-bond acceptors (Lipinski definition) is 4. The second-order valence-electron chi connectivity index (χ2n) is 4.66. The SMILES string of the molecule is COc1ccc(C(=O)/C=C/c2ccc(OC)c(OC)c2)cc1Br. The monoisotopic (exact) mass is 376 g/mol. The van der Waals surface area contributed by atoms with Crippen LogP contribution in [-0.2, 0) is 0 Å². The molecule has 0 aliphatic carbocycles. The molecule has 0 aromatic heterocycles. The molecule has 0 atom stereocenters. The van der Waals surface area contributed by atoms with Crippen molar-refractivity contribution in [2.24, 2.45) is 0 Å². The lowest BCUT2D eigenvalue weighted by molar-refractivity contribution is 0.104. The Bertz CT molecular complexity index is 738. The van der Waals surface area contributed by atoms with E-state index >= 15 is 0 Å². The summed E-state index contributed by atoms with van der Waals surface area (Å²) >= 11 is 3.37. The van der Waals surface area contributed by atoms with Gasteiger partial charge < -0.3 is 14.2 Å². The van der Waals surface area contributed by atoms with Crippen molar-refractivity contribution < 1.29 is 19.0 Å². The van der Waals surface area contributed by atoms with Gasteiger partial charge >= 0.3 is 0 Å². The number of rotatable bonds is 6. The van der Waals surface area contributed by atoms with Gasteiger partial charge in [0, 0.05) is 5.56 Å². The van der Waals surface area contributed by atoms with Crippen LogP contribution in [0.5, 0.6) is 17.2 Å². The van der Waals surface area contributed by atoms with E-state index in [4.69, 9.17) is 14.2 Å². The molecular weight excluding hydrogens is 360 g/mol. The Balaban J connectivity index is 2.19. The van der Waals surface area contributed by atoms with Crippen molar-refractivity contribution in [3.63, 3.8) is 0 Å². The average molecular weight is 377 g/mol.